The molecule has 2 atom stereocenters. The van der Waals surface area contributed by atoms with Crippen LogP contribution in [-0.2, 0) is 27.3 Å². The summed E-state index contributed by atoms with van der Waals surface area (Å²) in [5, 5.41) is 12.2. The van der Waals surface area contributed by atoms with Crippen molar-refractivity contribution in [2.24, 2.45) is 17.8 Å². The molecule has 0 saturated carbocycles. The molecule has 154 valence electrons. The lowest BCUT2D eigenvalue weighted by Gasteiger charge is -2.36. The molecular formula is C22H32N2O4. The van der Waals surface area contributed by atoms with Gasteiger partial charge in [-0.25, -0.2) is 0 Å². The van der Waals surface area contributed by atoms with E-state index in [0.717, 1.165) is 11.1 Å². The van der Waals surface area contributed by atoms with Crippen LogP contribution in [0.25, 0.3) is 0 Å². The summed E-state index contributed by atoms with van der Waals surface area (Å²) in [5.74, 6) is -1.42. The van der Waals surface area contributed by atoms with Gasteiger partial charge in [0.15, 0.2) is 0 Å². The highest BCUT2D eigenvalue weighted by Gasteiger charge is 2.35. The Balaban J connectivity index is 2.15. The van der Waals surface area contributed by atoms with Crippen LogP contribution in [0.2, 0.25) is 0 Å². The van der Waals surface area contributed by atoms with Crippen molar-refractivity contribution < 1.29 is 19.5 Å². The Hall–Kier alpha value is -2.37. The minimum Gasteiger partial charge on any atom is -0.481 e. The summed E-state index contributed by atoms with van der Waals surface area (Å²) in [5.41, 5.74) is 2.13. The highest BCUT2D eigenvalue weighted by molar-refractivity contribution is 5.89. The zero-order chi connectivity index (χ0) is 20.8. The van der Waals surface area contributed by atoms with Crippen molar-refractivity contribution in [3.05, 3.63) is 35.4 Å². The van der Waals surface area contributed by atoms with E-state index in [2.05, 4.69) is 5.32 Å². The van der Waals surface area contributed by atoms with Crippen LogP contribution in [0.3, 0.4) is 0 Å². The van der Waals surface area contributed by atoms with Crippen molar-refractivity contribution >= 4 is 17.8 Å². The number of carboxylic acids is 1. The molecule has 0 aliphatic carbocycles. The minimum atomic E-state index is -0.907. The SMILES string of the molecule is CC(C)CC(=O)N1Cc2ccccc2CC1C(=O)NCC(CC(C)C)C(=O)O. The molecule has 1 aliphatic rings. The zero-order valence-electron chi connectivity index (χ0n) is 17.3. The van der Waals surface area contributed by atoms with E-state index in [9.17, 15) is 19.5 Å². The maximum atomic E-state index is 12.9. The number of nitrogens with zero attached hydrogens (tertiary/aromatic N) is 1. The van der Waals surface area contributed by atoms with Crippen LogP contribution in [0.15, 0.2) is 24.3 Å². The molecule has 2 unspecified atom stereocenters. The first-order chi connectivity index (χ1) is 13.2. The number of amides is 2. The van der Waals surface area contributed by atoms with Gasteiger partial charge in [0.05, 0.1) is 5.92 Å². The largest absolute Gasteiger partial charge is 0.481 e. The zero-order valence-corrected chi connectivity index (χ0v) is 17.3. The van der Waals surface area contributed by atoms with Crippen LogP contribution in [0.5, 0.6) is 0 Å². The average molecular weight is 389 g/mol. The second-order valence-corrected chi connectivity index (χ2v) is 8.52. The maximum absolute atomic E-state index is 12.9. The highest BCUT2D eigenvalue weighted by Crippen LogP contribution is 2.25. The molecule has 0 fully saturated rings. The molecule has 2 rings (SSSR count). The van der Waals surface area contributed by atoms with Crippen molar-refractivity contribution in [2.75, 3.05) is 6.54 Å². The van der Waals surface area contributed by atoms with Crippen LogP contribution in [0.1, 0.15) is 51.7 Å². The van der Waals surface area contributed by atoms with Crippen LogP contribution >= 0.6 is 0 Å². The number of hydrogen-bond donors (Lipinski definition) is 2. The van der Waals surface area contributed by atoms with Gasteiger partial charge in [-0.2, -0.15) is 0 Å². The molecule has 0 saturated heterocycles. The minimum absolute atomic E-state index is 0.0402. The van der Waals surface area contributed by atoms with Crippen LogP contribution in [-0.4, -0.2) is 40.4 Å². The molecule has 6 heteroatoms. The molecule has 1 aromatic carbocycles. The number of carboxylic acid groups (broad SMARTS) is 1. The third-order valence-corrected chi connectivity index (χ3v) is 5.08. The van der Waals surface area contributed by atoms with E-state index in [-0.39, 0.29) is 30.2 Å². The molecule has 2 amide bonds. The number of carbonyl (C=O) groups is 3. The highest BCUT2D eigenvalue weighted by atomic mass is 16.4. The second kappa shape index (κ2) is 9.71. The fraction of sp³-hybridized carbons (Fsp3) is 0.591. The summed E-state index contributed by atoms with van der Waals surface area (Å²) in [6.07, 6.45) is 1.34. The lowest BCUT2D eigenvalue weighted by atomic mass is 9.92. The van der Waals surface area contributed by atoms with Gasteiger partial charge in [0.1, 0.15) is 6.04 Å². The van der Waals surface area contributed by atoms with Gasteiger partial charge in [-0.05, 0) is 29.4 Å². The van der Waals surface area contributed by atoms with E-state index in [1.807, 2.05) is 52.0 Å². The Bertz CT molecular complexity index is 714. The fourth-order valence-corrected chi connectivity index (χ4v) is 3.67. The Morgan fingerprint density at radius 3 is 2.32 bits per heavy atom. The normalized spacial score (nSPS) is 17.4. The molecule has 28 heavy (non-hydrogen) atoms. The van der Waals surface area contributed by atoms with Crippen LogP contribution in [0.4, 0.5) is 0 Å². The lowest BCUT2D eigenvalue weighted by molar-refractivity contribution is -0.144. The molecule has 0 spiro atoms. The van der Waals surface area contributed by atoms with E-state index in [0.29, 0.717) is 25.8 Å². The molecular weight excluding hydrogens is 356 g/mol. The van der Waals surface area contributed by atoms with Crippen LogP contribution < -0.4 is 5.32 Å². The Morgan fingerprint density at radius 1 is 1.11 bits per heavy atom. The summed E-state index contributed by atoms with van der Waals surface area (Å²) < 4.78 is 0. The number of nitrogens with one attached hydrogen (secondary N) is 1. The first kappa shape index (κ1) is 21.9. The second-order valence-electron chi connectivity index (χ2n) is 8.52. The fourth-order valence-electron chi connectivity index (χ4n) is 3.67. The van der Waals surface area contributed by atoms with Gasteiger partial charge < -0.3 is 15.3 Å². The van der Waals surface area contributed by atoms with Gasteiger partial charge in [0, 0.05) is 25.9 Å². The molecule has 0 bridgehead atoms. The summed E-state index contributed by atoms with van der Waals surface area (Å²) in [4.78, 5) is 38.8. The molecule has 1 aliphatic heterocycles. The van der Waals surface area contributed by atoms with Crippen molar-refractivity contribution in [1.82, 2.24) is 10.2 Å². The first-order valence-electron chi connectivity index (χ1n) is 10.1. The van der Waals surface area contributed by atoms with Gasteiger partial charge >= 0.3 is 5.97 Å². The Labute approximate surface area is 167 Å². The van der Waals surface area contributed by atoms with E-state index in [1.165, 1.54) is 0 Å². The summed E-state index contributed by atoms with van der Waals surface area (Å²) >= 11 is 0. The van der Waals surface area contributed by atoms with E-state index in [4.69, 9.17) is 0 Å². The van der Waals surface area contributed by atoms with Crippen molar-refractivity contribution in [3.63, 3.8) is 0 Å². The number of benzene rings is 1. The number of carbonyl (C=O) groups excluding carboxylic acids is 2. The molecule has 1 heterocycles. The predicted molar refractivity (Wildman–Crippen MR) is 108 cm³/mol. The third-order valence-electron chi connectivity index (χ3n) is 5.08. The molecule has 0 radical (unpaired) electrons. The average Bonchev–Trinajstić information content (AvgIpc) is 2.62. The van der Waals surface area contributed by atoms with Gasteiger partial charge in [-0.15, -0.1) is 0 Å². The first-order valence-corrected chi connectivity index (χ1v) is 10.1. The smallest absolute Gasteiger partial charge is 0.308 e. The molecule has 1 aromatic rings. The summed E-state index contributed by atoms with van der Waals surface area (Å²) in [7, 11) is 0. The number of hydrogen-bond acceptors (Lipinski definition) is 3. The third kappa shape index (κ3) is 5.81. The number of fused-ring (bicyclic) bond motifs is 1. The van der Waals surface area contributed by atoms with Gasteiger partial charge in [-0.3, -0.25) is 14.4 Å². The number of rotatable bonds is 8. The van der Waals surface area contributed by atoms with Crippen LogP contribution in [0, 0.1) is 17.8 Å². The predicted octanol–water partition coefficient (Wildman–Crippen LogP) is 2.85. The van der Waals surface area contributed by atoms with Crippen molar-refractivity contribution in [1.29, 1.82) is 0 Å². The van der Waals surface area contributed by atoms with E-state index < -0.39 is 17.9 Å². The summed E-state index contributed by atoms with van der Waals surface area (Å²) in [6, 6.07) is 7.24. The summed E-state index contributed by atoms with van der Waals surface area (Å²) in [6.45, 7) is 8.37. The lowest BCUT2D eigenvalue weighted by Crippen LogP contribution is -2.53. The Kier molecular flexibility index (Phi) is 7.61. The van der Waals surface area contributed by atoms with E-state index in [1.54, 1.807) is 4.90 Å². The molecule has 2 N–H and O–H groups in total. The standard InChI is InChI=1S/C22H32N2O4/c1-14(2)9-18(22(27)28)12-23-21(26)19-11-16-7-5-6-8-17(16)13-24(19)20(25)10-15(3)4/h5-8,14-15,18-19H,9-13H2,1-4H3,(H,23,26)(H,27,28). The monoisotopic (exact) mass is 388 g/mol. The van der Waals surface area contributed by atoms with Gasteiger partial charge in [-0.1, -0.05) is 52.0 Å². The quantitative estimate of drug-likeness (QED) is 0.717. The molecule has 0 aromatic heterocycles. The van der Waals surface area contributed by atoms with Gasteiger partial charge in [0.25, 0.3) is 0 Å². The van der Waals surface area contributed by atoms with Crippen molar-refractivity contribution in [3.8, 4) is 0 Å². The maximum Gasteiger partial charge on any atom is 0.308 e. The van der Waals surface area contributed by atoms with Gasteiger partial charge in [0.2, 0.25) is 11.8 Å². The van der Waals surface area contributed by atoms with E-state index >= 15 is 0 Å². The topological polar surface area (TPSA) is 86.7 Å². The Morgan fingerprint density at radius 2 is 1.75 bits per heavy atom. The molecule has 6 nitrogen and oxygen atoms in total. The van der Waals surface area contributed by atoms with Crippen molar-refractivity contribution in [2.45, 2.75) is 59.5 Å². The number of aliphatic carboxylic acids is 1.